The highest BCUT2D eigenvalue weighted by Crippen LogP contribution is 2.15. The lowest BCUT2D eigenvalue weighted by Gasteiger charge is -2.05. The molecule has 20 heavy (non-hydrogen) atoms. The Morgan fingerprint density at radius 1 is 1.40 bits per heavy atom. The number of esters is 1. The lowest BCUT2D eigenvalue weighted by Crippen LogP contribution is -2.10. The number of carbonyl (C=O) groups excluding carboxylic acids is 1. The van der Waals surface area contributed by atoms with E-state index in [9.17, 15) is 9.90 Å². The molecule has 6 nitrogen and oxygen atoms in total. The van der Waals surface area contributed by atoms with Crippen LogP contribution in [0.1, 0.15) is 28.7 Å². The van der Waals surface area contributed by atoms with Gasteiger partial charge in [0.2, 0.25) is 0 Å². The Kier molecular flexibility index (Phi) is 4.57. The highest BCUT2D eigenvalue weighted by Gasteiger charge is 2.20. The summed E-state index contributed by atoms with van der Waals surface area (Å²) in [7, 11) is 0. The third kappa shape index (κ3) is 3.08. The number of phenolic OH excluding ortho intramolecular Hbond substituents is 1. The Morgan fingerprint density at radius 2 is 2.10 bits per heavy atom. The molecule has 0 spiro atoms. The molecule has 0 amide bonds. The minimum Gasteiger partial charge on any atom is -0.508 e. The predicted octanol–water partition coefficient (Wildman–Crippen LogP) is 1.95. The molecule has 0 aliphatic heterocycles. The summed E-state index contributed by atoms with van der Waals surface area (Å²) in [6.07, 6.45) is 0. The van der Waals surface area contributed by atoms with Crippen molar-refractivity contribution in [2.45, 2.75) is 19.3 Å². The van der Waals surface area contributed by atoms with Gasteiger partial charge in [-0.3, -0.25) is 0 Å². The fraction of sp³-hybridized carbons (Fsp3) is 0.308. The second kappa shape index (κ2) is 6.38. The molecule has 0 fully saturated rings. The van der Waals surface area contributed by atoms with E-state index in [0.717, 1.165) is 5.56 Å². The molecule has 0 unspecified atom stereocenters. The molecule has 0 aliphatic carbocycles. The number of phenols is 1. The van der Waals surface area contributed by atoms with Gasteiger partial charge in [0.15, 0.2) is 5.69 Å². The van der Waals surface area contributed by atoms with E-state index in [1.807, 2.05) is 0 Å². The Hall–Kier alpha value is -2.08. The van der Waals surface area contributed by atoms with Crippen LogP contribution in [-0.4, -0.2) is 32.7 Å². The van der Waals surface area contributed by atoms with Crippen molar-refractivity contribution in [1.29, 1.82) is 0 Å². The van der Waals surface area contributed by atoms with Crippen molar-refractivity contribution in [3.63, 3.8) is 0 Å². The van der Waals surface area contributed by atoms with E-state index in [-0.39, 0.29) is 23.9 Å². The first kappa shape index (κ1) is 14.3. The number of hydrogen-bond donors (Lipinski definition) is 1. The molecule has 2 aromatic rings. The fourth-order valence-corrected chi connectivity index (χ4v) is 1.99. The Morgan fingerprint density at radius 3 is 2.70 bits per heavy atom. The van der Waals surface area contributed by atoms with Gasteiger partial charge in [-0.1, -0.05) is 17.3 Å². The number of halogens is 1. The standard InChI is InChI=1S/C13H14ClN3O3/c1-2-20-13(19)12-11(7-14)17(16-15-12)8-9-3-5-10(18)6-4-9/h3-6,18H,2,7-8H2,1H3. The van der Waals surface area contributed by atoms with E-state index in [0.29, 0.717) is 12.2 Å². The quantitative estimate of drug-likeness (QED) is 0.674. The maximum Gasteiger partial charge on any atom is 0.360 e. The van der Waals surface area contributed by atoms with E-state index >= 15 is 0 Å². The summed E-state index contributed by atoms with van der Waals surface area (Å²) in [6, 6.07) is 6.69. The van der Waals surface area contributed by atoms with Crippen LogP contribution in [0.25, 0.3) is 0 Å². The topological polar surface area (TPSA) is 77.2 Å². The first-order valence-corrected chi connectivity index (χ1v) is 6.62. The average molecular weight is 296 g/mol. The number of ether oxygens (including phenoxy) is 1. The van der Waals surface area contributed by atoms with E-state index in [2.05, 4.69) is 10.3 Å². The molecule has 1 heterocycles. The first-order chi connectivity index (χ1) is 9.65. The number of nitrogens with zero attached hydrogens (tertiary/aromatic N) is 3. The molecule has 1 N–H and O–H groups in total. The van der Waals surface area contributed by atoms with Gasteiger partial charge in [-0.05, 0) is 24.6 Å². The molecule has 0 atom stereocenters. The zero-order valence-corrected chi connectivity index (χ0v) is 11.7. The van der Waals surface area contributed by atoms with Gasteiger partial charge in [-0.25, -0.2) is 9.48 Å². The summed E-state index contributed by atoms with van der Waals surface area (Å²) >= 11 is 5.87. The van der Waals surface area contributed by atoms with E-state index < -0.39 is 5.97 Å². The van der Waals surface area contributed by atoms with E-state index in [4.69, 9.17) is 16.3 Å². The summed E-state index contributed by atoms with van der Waals surface area (Å²) in [5.41, 5.74) is 1.56. The third-order valence-corrected chi connectivity index (χ3v) is 2.95. The number of carbonyl (C=O) groups is 1. The Balaban J connectivity index is 2.24. The molecule has 0 radical (unpaired) electrons. The Labute approximate surface area is 120 Å². The van der Waals surface area contributed by atoms with Crippen LogP contribution in [0.2, 0.25) is 0 Å². The summed E-state index contributed by atoms with van der Waals surface area (Å²) in [5.74, 6) is -0.226. The Bertz CT molecular complexity index is 595. The number of hydrogen-bond acceptors (Lipinski definition) is 5. The van der Waals surface area contributed by atoms with Gasteiger partial charge in [0.1, 0.15) is 5.75 Å². The smallest absolute Gasteiger partial charge is 0.360 e. The molecule has 1 aromatic carbocycles. The minimum atomic E-state index is -0.528. The van der Waals surface area contributed by atoms with Gasteiger partial charge in [-0.2, -0.15) is 0 Å². The molecule has 7 heteroatoms. The van der Waals surface area contributed by atoms with Gasteiger partial charge in [0.05, 0.1) is 24.7 Å². The van der Waals surface area contributed by atoms with Crippen molar-refractivity contribution in [2.24, 2.45) is 0 Å². The maximum atomic E-state index is 11.7. The second-order valence-corrected chi connectivity index (χ2v) is 4.33. The van der Waals surface area contributed by atoms with Gasteiger partial charge >= 0.3 is 5.97 Å². The van der Waals surface area contributed by atoms with Crippen LogP contribution in [0.3, 0.4) is 0 Å². The summed E-state index contributed by atoms with van der Waals surface area (Å²) in [5, 5.41) is 17.0. The van der Waals surface area contributed by atoms with Crippen molar-refractivity contribution >= 4 is 17.6 Å². The lowest BCUT2D eigenvalue weighted by molar-refractivity contribution is 0.0518. The van der Waals surface area contributed by atoms with Crippen LogP contribution >= 0.6 is 11.6 Å². The molecule has 2 rings (SSSR count). The average Bonchev–Trinajstić information content (AvgIpc) is 2.84. The molecule has 106 valence electrons. The van der Waals surface area contributed by atoms with Crippen LogP contribution in [0.4, 0.5) is 0 Å². The molecular formula is C13H14ClN3O3. The first-order valence-electron chi connectivity index (χ1n) is 6.09. The second-order valence-electron chi connectivity index (χ2n) is 4.06. The van der Waals surface area contributed by atoms with Crippen molar-refractivity contribution in [2.75, 3.05) is 6.61 Å². The highest BCUT2D eigenvalue weighted by atomic mass is 35.5. The van der Waals surface area contributed by atoms with Gasteiger partial charge in [0, 0.05) is 0 Å². The molecule has 0 bridgehead atoms. The molecule has 0 saturated heterocycles. The number of aromatic hydroxyl groups is 1. The largest absolute Gasteiger partial charge is 0.508 e. The molecule has 0 aliphatic rings. The summed E-state index contributed by atoms with van der Waals surface area (Å²) in [6.45, 7) is 2.40. The predicted molar refractivity (Wildman–Crippen MR) is 72.7 cm³/mol. The van der Waals surface area contributed by atoms with Crippen LogP contribution in [0.5, 0.6) is 5.75 Å². The SMILES string of the molecule is CCOC(=O)c1nnn(Cc2ccc(O)cc2)c1CCl. The third-order valence-electron chi connectivity index (χ3n) is 2.70. The lowest BCUT2D eigenvalue weighted by atomic mass is 10.2. The van der Waals surface area contributed by atoms with Crippen molar-refractivity contribution in [3.8, 4) is 5.75 Å². The molecular weight excluding hydrogens is 282 g/mol. The van der Waals surface area contributed by atoms with Gasteiger partial charge in [0.25, 0.3) is 0 Å². The zero-order valence-electron chi connectivity index (χ0n) is 10.9. The maximum absolute atomic E-state index is 11.7. The number of rotatable bonds is 5. The number of alkyl halides is 1. The summed E-state index contributed by atoms with van der Waals surface area (Å²) in [4.78, 5) is 11.7. The summed E-state index contributed by atoms with van der Waals surface area (Å²) < 4.78 is 6.45. The molecule has 0 saturated carbocycles. The zero-order chi connectivity index (χ0) is 14.5. The van der Waals surface area contributed by atoms with Crippen LogP contribution in [0, 0.1) is 0 Å². The van der Waals surface area contributed by atoms with Gasteiger partial charge < -0.3 is 9.84 Å². The van der Waals surface area contributed by atoms with Crippen molar-refractivity contribution < 1.29 is 14.6 Å². The van der Waals surface area contributed by atoms with E-state index in [1.165, 1.54) is 0 Å². The highest BCUT2D eigenvalue weighted by molar-refractivity contribution is 6.17. The number of aromatic nitrogens is 3. The normalized spacial score (nSPS) is 10.5. The molecule has 1 aromatic heterocycles. The van der Waals surface area contributed by atoms with Crippen LogP contribution < -0.4 is 0 Å². The van der Waals surface area contributed by atoms with Crippen molar-refractivity contribution in [3.05, 3.63) is 41.2 Å². The number of benzene rings is 1. The minimum absolute atomic E-state index is 0.110. The van der Waals surface area contributed by atoms with Crippen LogP contribution in [-0.2, 0) is 17.2 Å². The monoisotopic (exact) mass is 295 g/mol. The van der Waals surface area contributed by atoms with Crippen LogP contribution in [0.15, 0.2) is 24.3 Å². The van der Waals surface area contributed by atoms with E-state index in [1.54, 1.807) is 35.9 Å². The van der Waals surface area contributed by atoms with Crippen molar-refractivity contribution in [1.82, 2.24) is 15.0 Å². The fourth-order valence-electron chi connectivity index (χ4n) is 1.72. The van der Waals surface area contributed by atoms with Gasteiger partial charge in [-0.15, -0.1) is 16.7 Å².